The lowest BCUT2D eigenvalue weighted by molar-refractivity contribution is -0.572. The van der Waals surface area contributed by atoms with E-state index in [1.54, 1.807) is 4.99 Å². The van der Waals surface area contributed by atoms with E-state index in [0.29, 0.717) is 5.70 Å². The molecule has 94 valence electrons. The van der Waals surface area contributed by atoms with Crippen LogP contribution in [0.5, 0.6) is 0 Å². The van der Waals surface area contributed by atoms with Crippen LogP contribution >= 0.6 is 27.5 Å². The minimum atomic E-state index is 0.701. The Bertz CT molecular complexity index is 393. The Balaban J connectivity index is 2.77. The van der Waals surface area contributed by atoms with Crippen molar-refractivity contribution in [2.24, 2.45) is 11.5 Å². The van der Waals surface area contributed by atoms with Crippen molar-refractivity contribution in [3.8, 4) is 0 Å². The van der Waals surface area contributed by atoms with Crippen molar-refractivity contribution < 1.29 is 5.32 Å². The zero-order valence-electron chi connectivity index (χ0n) is 9.63. The number of benzene rings is 1. The van der Waals surface area contributed by atoms with Crippen LogP contribution in [0.1, 0.15) is 18.4 Å². The largest absolute Gasteiger partial charge is 0.398 e. The molecular weight excluding hydrogens is 302 g/mol. The van der Waals surface area contributed by atoms with E-state index in [1.165, 1.54) is 0 Å². The van der Waals surface area contributed by atoms with Crippen molar-refractivity contribution in [2.45, 2.75) is 12.8 Å². The molecule has 0 aliphatic heterocycles. The molecule has 0 amide bonds. The van der Waals surface area contributed by atoms with Gasteiger partial charge >= 0.3 is 0 Å². The lowest BCUT2D eigenvalue weighted by Gasteiger charge is -2.08. The highest BCUT2D eigenvalue weighted by molar-refractivity contribution is 9.11. The van der Waals surface area contributed by atoms with E-state index in [1.807, 2.05) is 18.2 Å². The first-order valence-corrected chi connectivity index (χ1v) is 6.87. The summed E-state index contributed by atoms with van der Waals surface area (Å²) in [5, 5.41) is 2.88. The quantitative estimate of drug-likeness (QED) is 0.554. The molecule has 0 aliphatic carbocycles. The molecule has 0 heterocycles. The topological polar surface area (TPSA) is 68.6 Å². The summed E-state index contributed by atoms with van der Waals surface area (Å²) in [5.74, 6) is 0. The normalized spacial score (nSPS) is 11.8. The number of halogens is 2. The fourth-order valence-corrected chi connectivity index (χ4v) is 2.00. The monoisotopic (exact) mass is 318 g/mol. The summed E-state index contributed by atoms with van der Waals surface area (Å²) in [6, 6.07) is 5.71. The summed E-state index contributed by atoms with van der Waals surface area (Å²) in [7, 11) is 0. The summed E-state index contributed by atoms with van der Waals surface area (Å²) in [4.78, 5) is 1.72. The Morgan fingerprint density at radius 2 is 2.18 bits per heavy atom. The predicted molar refractivity (Wildman–Crippen MR) is 77.3 cm³/mol. The van der Waals surface area contributed by atoms with Gasteiger partial charge in [-0.05, 0) is 31.5 Å². The predicted octanol–water partition coefficient (Wildman–Crippen LogP) is 1.93. The Morgan fingerprint density at radius 1 is 1.41 bits per heavy atom. The van der Waals surface area contributed by atoms with Gasteiger partial charge in [0.1, 0.15) is 5.69 Å². The van der Waals surface area contributed by atoms with Gasteiger partial charge in [0.2, 0.25) is 0 Å². The van der Waals surface area contributed by atoms with Crippen molar-refractivity contribution in [3.63, 3.8) is 0 Å². The smallest absolute Gasteiger partial charge is 0.140 e. The van der Waals surface area contributed by atoms with Gasteiger partial charge in [-0.15, -0.1) is 0 Å². The van der Waals surface area contributed by atoms with Crippen LogP contribution in [-0.4, -0.2) is 13.1 Å². The molecule has 0 radical (unpaired) electrons. The van der Waals surface area contributed by atoms with Crippen molar-refractivity contribution in [1.29, 1.82) is 0 Å². The van der Waals surface area contributed by atoms with Gasteiger partial charge < -0.3 is 16.8 Å². The fourth-order valence-electron chi connectivity index (χ4n) is 1.57. The van der Waals surface area contributed by atoms with E-state index in [9.17, 15) is 0 Å². The molecule has 6 N–H and O–H groups in total. The van der Waals surface area contributed by atoms with Crippen LogP contribution in [0.2, 0.25) is 5.02 Å². The summed E-state index contributed by atoms with van der Waals surface area (Å²) in [6.45, 7) is 1.72. The molecule has 0 bridgehead atoms. The third kappa shape index (κ3) is 4.68. The average molecular weight is 320 g/mol. The molecule has 0 fully saturated rings. The molecule has 0 unspecified atom stereocenters. The first-order valence-electron chi connectivity index (χ1n) is 5.58. The van der Waals surface area contributed by atoms with Crippen LogP contribution < -0.4 is 16.8 Å². The summed E-state index contributed by atoms with van der Waals surface area (Å²) >= 11 is 9.24. The number of nitrogens with two attached hydrogens (primary N) is 3. The van der Waals surface area contributed by atoms with Crippen molar-refractivity contribution in [2.75, 3.05) is 13.1 Å². The Labute approximate surface area is 115 Å². The number of rotatable bonds is 6. The van der Waals surface area contributed by atoms with Crippen LogP contribution in [0.3, 0.4) is 0 Å². The zero-order chi connectivity index (χ0) is 12.7. The minimum Gasteiger partial charge on any atom is -0.398 e. The molecule has 1 aromatic rings. The highest BCUT2D eigenvalue weighted by Gasteiger charge is 2.09. The van der Waals surface area contributed by atoms with Gasteiger partial charge in [-0.25, -0.2) is 0 Å². The number of hydrogen-bond acceptors (Lipinski definition) is 2. The number of hydrogen-bond donors (Lipinski definition) is 3. The third-order valence-electron chi connectivity index (χ3n) is 2.46. The maximum atomic E-state index is 5.99. The molecule has 0 atom stereocenters. The standard InChI is InChI=1S/C12H17BrClN3/c13-8-11(16)10-4-3-9(14)7-12(10)17-6-2-1-5-15/h3-4,7-8,17H,1-2,5-6,15-16H2/p+1/b11-8+. The second-order valence-electron chi connectivity index (χ2n) is 3.78. The lowest BCUT2D eigenvalue weighted by Crippen LogP contribution is -2.78. The second-order valence-corrected chi connectivity index (χ2v) is 4.68. The first kappa shape index (κ1) is 14.5. The van der Waals surface area contributed by atoms with Crippen molar-refractivity contribution >= 4 is 38.9 Å². The Kier molecular flexibility index (Phi) is 6.58. The van der Waals surface area contributed by atoms with E-state index in [2.05, 4.69) is 21.2 Å². The van der Waals surface area contributed by atoms with Crippen molar-refractivity contribution in [3.05, 3.63) is 33.8 Å². The maximum Gasteiger partial charge on any atom is 0.140 e. The van der Waals surface area contributed by atoms with Crippen LogP contribution in [0.4, 0.5) is 5.69 Å². The molecule has 1 aromatic carbocycles. The highest BCUT2D eigenvalue weighted by Crippen LogP contribution is 2.22. The average Bonchev–Trinajstić information content (AvgIpc) is 2.34. The van der Waals surface area contributed by atoms with Gasteiger partial charge in [-0.1, -0.05) is 27.5 Å². The third-order valence-corrected chi connectivity index (χ3v) is 3.19. The lowest BCUT2D eigenvalue weighted by atomic mass is 10.1. The first-order chi connectivity index (χ1) is 8.19. The minimum absolute atomic E-state index is 0.701. The highest BCUT2D eigenvalue weighted by atomic mass is 79.9. The fraction of sp³-hybridized carbons (Fsp3) is 0.333. The van der Waals surface area contributed by atoms with Crippen LogP contribution in [0.15, 0.2) is 23.2 Å². The van der Waals surface area contributed by atoms with Gasteiger partial charge in [-0.2, -0.15) is 0 Å². The molecule has 17 heavy (non-hydrogen) atoms. The van der Waals surface area contributed by atoms with E-state index >= 15 is 0 Å². The van der Waals surface area contributed by atoms with Crippen LogP contribution in [-0.2, 0) is 0 Å². The van der Waals surface area contributed by atoms with E-state index in [-0.39, 0.29) is 0 Å². The molecule has 0 aromatic heterocycles. The molecular formula is C12H18BrClN3+. The van der Waals surface area contributed by atoms with E-state index in [4.69, 9.17) is 23.1 Å². The van der Waals surface area contributed by atoms with Gasteiger partial charge in [0, 0.05) is 16.1 Å². The van der Waals surface area contributed by atoms with Crippen LogP contribution in [0, 0.1) is 0 Å². The summed E-state index contributed by atoms with van der Waals surface area (Å²) in [6.07, 6.45) is 2.12. The number of unbranched alkanes of at least 4 members (excludes halogenated alkanes) is 1. The van der Waals surface area contributed by atoms with Gasteiger partial charge in [0.05, 0.1) is 17.8 Å². The molecule has 0 spiro atoms. The molecule has 0 aliphatic rings. The number of quaternary nitrogens is 1. The Hall–Kier alpha value is -0.550. The summed E-state index contributed by atoms with van der Waals surface area (Å²) in [5.41, 5.74) is 14.1. The molecule has 5 heteroatoms. The van der Waals surface area contributed by atoms with E-state index < -0.39 is 0 Å². The van der Waals surface area contributed by atoms with Crippen molar-refractivity contribution in [1.82, 2.24) is 0 Å². The van der Waals surface area contributed by atoms with E-state index in [0.717, 1.165) is 42.2 Å². The summed E-state index contributed by atoms with van der Waals surface area (Å²) < 4.78 is 0. The Morgan fingerprint density at radius 3 is 2.82 bits per heavy atom. The SMILES string of the molecule is NCCCC[NH2+]c1cc(Cl)ccc1/C(N)=C\Br. The maximum absolute atomic E-state index is 5.99. The zero-order valence-corrected chi connectivity index (χ0v) is 12.0. The molecule has 0 saturated carbocycles. The molecule has 3 nitrogen and oxygen atoms in total. The van der Waals surface area contributed by atoms with Crippen LogP contribution in [0.25, 0.3) is 5.70 Å². The van der Waals surface area contributed by atoms with Gasteiger partial charge in [0.15, 0.2) is 0 Å². The molecule has 0 saturated heterocycles. The second kappa shape index (κ2) is 7.71. The van der Waals surface area contributed by atoms with Gasteiger partial charge in [-0.3, -0.25) is 0 Å². The van der Waals surface area contributed by atoms with Gasteiger partial charge in [0.25, 0.3) is 0 Å². The molecule has 1 rings (SSSR count).